The lowest BCUT2D eigenvalue weighted by Crippen LogP contribution is -2.45. The summed E-state index contributed by atoms with van der Waals surface area (Å²) in [5.74, 6) is 0.777. The van der Waals surface area contributed by atoms with Crippen molar-refractivity contribution in [2.75, 3.05) is 26.2 Å². The molecule has 2 N–H and O–H groups in total. The average Bonchev–Trinajstić information content (AvgIpc) is 3.15. The summed E-state index contributed by atoms with van der Waals surface area (Å²) in [6.07, 6.45) is 5.65. The van der Waals surface area contributed by atoms with Crippen molar-refractivity contribution < 1.29 is 4.79 Å². The fraction of sp³-hybridized carbons (Fsp3) is 0.650. The molecule has 132 valence electrons. The van der Waals surface area contributed by atoms with Crippen LogP contribution in [0.3, 0.4) is 0 Å². The largest absolute Gasteiger partial charge is 0.354 e. The number of carbonyl (C=O) groups excluding carboxylic acids is 1. The quantitative estimate of drug-likeness (QED) is 0.842. The molecule has 1 aromatic carbocycles. The van der Waals surface area contributed by atoms with Crippen molar-refractivity contribution >= 4 is 5.91 Å². The van der Waals surface area contributed by atoms with Gasteiger partial charge in [0.1, 0.15) is 0 Å². The van der Waals surface area contributed by atoms with Gasteiger partial charge in [-0.3, -0.25) is 9.69 Å². The van der Waals surface area contributed by atoms with Gasteiger partial charge in [-0.2, -0.15) is 0 Å². The number of likely N-dealkylation sites (tertiary alicyclic amines) is 1. The van der Waals surface area contributed by atoms with Gasteiger partial charge < -0.3 is 10.6 Å². The Hall–Kier alpha value is -1.39. The molecule has 0 aliphatic carbocycles. The van der Waals surface area contributed by atoms with Crippen molar-refractivity contribution in [3.05, 3.63) is 35.4 Å². The summed E-state index contributed by atoms with van der Waals surface area (Å²) in [6.45, 7) is 7.33. The van der Waals surface area contributed by atoms with Crippen molar-refractivity contribution in [2.45, 2.75) is 51.6 Å². The zero-order valence-corrected chi connectivity index (χ0v) is 14.9. The van der Waals surface area contributed by atoms with Gasteiger partial charge in [0, 0.05) is 19.6 Å². The van der Waals surface area contributed by atoms with Gasteiger partial charge in [-0.15, -0.1) is 0 Å². The minimum absolute atomic E-state index is 0.0427. The molecule has 2 aliphatic rings. The van der Waals surface area contributed by atoms with E-state index in [1.54, 1.807) is 0 Å². The normalized spacial score (nSPS) is 24.9. The van der Waals surface area contributed by atoms with Gasteiger partial charge in [0.25, 0.3) is 0 Å². The third kappa shape index (κ3) is 4.58. The van der Waals surface area contributed by atoms with Crippen LogP contribution < -0.4 is 10.6 Å². The zero-order chi connectivity index (χ0) is 16.8. The van der Waals surface area contributed by atoms with E-state index in [2.05, 4.69) is 46.7 Å². The molecule has 2 fully saturated rings. The molecule has 0 radical (unpaired) electrons. The molecule has 0 bridgehead atoms. The first-order valence-electron chi connectivity index (χ1n) is 9.56. The van der Waals surface area contributed by atoms with Gasteiger partial charge in [0.05, 0.1) is 6.04 Å². The van der Waals surface area contributed by atoms with Crippen LogP contribution in [0, 0.1) is 5.92 Å². The molecule has 2 heterocycles. The fourth-order valence-corrected chi connectivity index (χ4v) is 4.04. The Morgan fingerprint density at radius 3 is 2.83 bits per heavy atom. The third-order valence-electron chi connectivity index (χ3n) is 5.44. The highest BCUT2D eigenvalue weighted by Crippen LogP contribution is 2.20. The summed E-state index contributed by atoms with van der Waals surface area (Å²) in [4.78, 5) is 14.7. The maximum absolute atomic E-state index is 12.2. The van der Waals surface area contributed by atoms with Crippen LogP contribution in [0.5, 0.6) is 0 Å². The standard InChI is InChI=1S/C20H31N3O/c1-2-17-8-3-4-9-18(17)15-23-12-6-7-16(14-23)13-22-20(24)19-10-5-11-21-19/h3-4,8-9,16,19,21H,2,5-7,10-15H2,1H3,(H,22,24). The molecule has 4 nitrogen and oxygen atoms in total. The molecule has 4 heteroatoms. The molecule has 1 aromatic rings. The Kier molecular flexibility index (Phi) is 6.27. The van der Waals surface area contributed by atoms with E-state index in [1.165, 1.54) is 30.5 Å². The molecule has 0 saturated carbocycles. The topological polar surface area (TPSA) is 44.4 Å². The predicted octanol–water partition coefficient (Wildman–Crippen LogP) is 2.33. The van der Waals surface area contributed by atoms with Crippen LogP contribution in [0.4, 0.5) is 0 Å². The average molecular weight is 329 g/mol. The van der Waals surface area contributed by atoms with Crippen molar-refractivity contribution in [1.82, 2.24) is 15.5 Å². The van der Waals surface area contributed by atoms with Gasteiger partial charge in [0.2, 0.25) is 5.91 Å². The number of hydrogen-bond donors (Lipinski definition) is 2. The second kappa shape index (κ2) is 8.63. The smallest absolute Gasteiger partial charge is 0.237 e. The first-order valence-corrected chi connectivity index (χ1v) is 9.56. The molecule has 0 aromatic heterocycles. The fourth-order valence-electron chi connectivity index (χ4n) is 4.04. The van der Waals surface area contributed by atoms with Crippen LogP contribution in [0.2, 0.25) is 0 Å². The third-order valence-corrected chi connectivity index (χ3v) is 5.44. The van der Waals surface area contributed by atoms with Gasteiger partial charge in [-0.25, -0.2) is 0 Å². The number of benzene rings is 1. The zero-order valence-electron chi connectivity index (χ0n) is 14.9. The molecule has 2 atom stereocenters. The summed E-state index contributed by atoms with van der Waals surface area (Å²) >= 11 is 0. The highest BCUT2D eigenvalue weighted by molar-refractivity contribution is 5.81. The number of amides is 1. The second-order valence-electron chi connectivity index (χ2n) is 7.26. The van der Waals surface area contributed by atoms with Crippen LogP contribution in [0.15, 0.2) is 24.3 Å². The van der Waals surface area contributed by atoms with E-state index in [-0.39, 0.29) is 11.9 Å². The molecular weight excluding hydrogens is 298 g/mol. The number of aryl methyl sites for hydroxylation is 1. The van der Waals surface area contributed by atoms with Crippen LogP contribution in [-0.2, 0) is 17.8 Å². The molecule has 2 saturated heterocycles. The highest BCUT2D eigenvalue weighted by atomic mass is 16.2. The Morgan fingerprint density at radius 1 is 1.25 bits per heavy atom. The van der Waals surface area contributed by atoms with Crippen LogP contribution in [-0.4, -0.2) is 43.0 Å². The van der Waals surface area contributed by atoms with Gasteiger partial charge in [0.15, 0.2) is 0 Å². The summed E-state index contributed by atoms with van der Waals surface area (Å²) in [5.41, 5.74) is 2.92. The number of hydrogen-bond acceptors (Lipinski definition) is 3. The number of rotatable bonds is 6. The lowest BCUT2D eigenvalue weighted by Gasteiger charge is -2.33. The van der Waals surface area contributed by atoms with E-state index in [9.17, 15) is 4.79 Å². The van der Waals surface area contributed by atoms with Crippen molar-refractivity contribution in [2.24, 2.45) is 5.92 Å². The first-order chi connectivity index (χ1) is 11.8. The van der Waals surface area contributed by atoms with E-state index >= 15 is 0 Å². The Morgan fingerprint density at radius 2 is 2.08 bits per heavy atom. The minimum Gasteiger partial charge on any atom is -0.354 e. The highest BCUT2D eigenvalue weighted by Gasteiger charge is 2.24. The van der Waals surface area contributed by atoms with E-state index in [0.717, 1.165) is 45.4 Å². The number of piperidine rings is 1. The van der Waals surface area contributed by atoms with Gasteiger partial charge in [-0.1, -0.05) is 31.2 Å². The lowest BCUT2D eigenvalue weighted by molar-refractivity contribution is -0.123. The van der Waals surface area contributed by atoms with Crippen LogP contribution >= 0.6 is 0 Å². The van der Waals surface area contributed by atoms with E-state index in [4.69, 9.17) is 0 Å². The van der Waals surface area contributed by atoms with Crippen molar-refractivity contribution in [3.63, 3.8) is 0 Å². The Balaban J connectivity index is 1.48. The molecule has 3 rings (SSSR count). The van der Waals surface area contributed by atoms with Crippen molar-refractivity contribution in [3.8, 4) is 0 Å². The summed E-state index contributed by atoms with van der Waals surface area (Å²) in [6, 6.07) is 8.82. The number of nitrogens with zero attached hydrogens (tertiary/aromatic N) is 1. The predicted molar refractivity (Wildman–Crippen MR) is 97.9 cm³/mol. The summed E-state index contributed by atoms with van der Waals surface area (Å²) in [5, 5.41) is 6.45. The van der Waals surface area contributed by atoms with Crippen LogP contribution in [0.1, 0.15) is 43.7 Å². The molecular formula is C20H31N3O. The molecule has 1 amide bonds. The minimum atomic E-state index is 0.0427. The Labute approximate surface area is 146 Å². The van der Waals surface area contributed by atoms with E-state index in [0.29, 0.717) is 5.92 Å². The van der Waals surface area contributed by atoms with E-state index < -0.39 is 0 Å². The second-order valence-corrected chi connectivity index (χ2v) is 7.26. The molecule has 0 spiro atoms. The summed E-state index contributed by atoms with van der Waals surface area (Å²) in [7, 11) is 0. The molecule has 2 unspecified atom stereocenters. The van der Waals surface area contributed by atoms with E-state index in [1.807, 2.05) is 0 Å². The van der Waals surface area contributed by atoms with Crippen molar-refractivity contribution in [1.29, 1.82) is 0 Å². The molecule has 24 heavy (non-hydrogen) atoms. The number of carbonyl (C=O) groups is 1. The van der Waals surface area contributed by atoms with Gasteiger partial charge in [-0.05, 0) is 62.2 Å². The first kappa shape index (κ1) is 17.4. The SMILES string of the molecule is CCc1ccccc1CN1CCCC(CNC(=O)C2CCCN2)C1. The van der Waals surface area contributed by atoms with Crippen LogP contribution in [0.25, 0.3) is 0 Å². The maximum Gasteiger partial charge on any atom is 0.237 e. The van der Waals surface area contributed by atoms with Gasteiger partial charge >= 0.3 is 0 Å². The maximum atomic E-state index is 12.2. The monoisotopic (exact) mass is 329 g/mol. The lowest BCUT2D eigenvalue weighted by atomic mass is 9.96. The molecule has 2 aliphatic heterocycles. The Bertz CT molecular complexity index is 539. The number of nitrogens with one attached hydrogen (secondary N) is 2. The summed E-state index contributed by atoms with van der Waals surface area (Å²) < 4.78 is 0.